The molecule has 4 nitrogen and oxygen atoms in total. The van der Waals surface area contributed by atoms with Crippen molar-refractivity contribution in [1.82, 2.24) is 9.80 Å². The van der Waals surface area contributed by atoms with Gasteiger partial charge in [-0.05, 0) is 46.2 Å². The molecule has 0 amide bonds. The Labute approximate surface area is 177 Å². The normalized spacial score (nSPS) is 13.6. The first-order valence-corrected chi connectivity index (χ1v) is 12.4. The third-order valence-corrected chi connectivity index (χ3v) is 5.63. The van der Waals surface area contributed by atoms with E-state index in [0.29, 0.717) is 13.2 Å². The summed E-state index contributed by atoms with van der Waals surface area (Å²) in [6.45, 7) is 21.0. The van der Waals surface area contributed by atoms with E-state index in [-0.39, 0.29) is 6.04 Å². The molecule has 0 rings (SSSR count). The summed E-state index contributed by atoms with van der Waals surface area (Å²) in [5.41, 5.74) is 0. The fourth-order valence-electron chi connectivity index (χ4n) is 4.38. The highest BCUT2D eigenvalue weighted by molar-refractivity contribution is 4.88. The van der Waals surface area contributed by atoms with Crippen LogP contribution in [0.2, 0.25) is 0 Å². The number of nitrogens with zero attached hydrogens (tertiary/aromatic N) is 2. The Morgan fingerprint density at radius 2 is 1.21 bits per heavy atom. The fourth-order valence-corrected chi connectivity index (χ4v) is 4.38. The minimum Gasteiger partial charge on any atom is -0.336 e. The molecule has 0 fully saturated rings. The Bertz CT molecular complexity index is 333. The molecule has 0 saturated heterocycles. The average Bonchev–Trinajstić information content (AvgIpc) is 2.70. The number of unbranched alkanes of at least 4 members (excludes halogenated alkanes) is 5. The van der Waals surface area contributed by atoms with Gasteiger partial charge in [-0.3, -0.25) is 9.80 Å². The van der Waals surface area contributed by atoms with Crippen molar-refractivity contribution >= 4 is 0 Å². The number of hydrogen-bond donors (Lipinski definition) is 0. The number of rotatable bonds is 20. The molecule has 0 aliphatic heterocycles. The van der Waals surface area contributed by atoms with E-state index in [4.69, 9.17) is 9.47 Å². The van der Waals surface area contributed by atoms with Crippen LogP contribution < -0.4 is 0 Å². The summed E-state index contributed by atoms with van der Waals surface area (Å²) in [6, 6.07) is 0.273. The standard InChI is InChI=1S/C24H52N2O2/c1-8-15-16-17-18-19-20-23(25(11-4)21-9-2)24(27-13-6,28-14-7)26(12-5)22-10-3/h23H,8-22H2,1-7H3. The van der Waals surface area contributed by atoms with E-state index in [1.54, 1.807) is 0 Å². The lowest BCUT2D eigenvalue weighted by Crippen LogP contribution is -2.65. The van der Waals surface area contributed by atoms with Gasteiger partial charge >= 0.3 is 0 Å². The zero-order chi connectivity index (χ0) is 21.3. The van der Waals surface area contributed by atoms with Crippen LogP contribution in [0.3, 0.4) is 0 Å². The third kappa shape index (κ3) is 9.11. The van der Waals surface area contributed by atoms with Crippen LogP contribution in [0, 0.1) is 0 Å². The summed E-state index contributed by atoms with van der Waals surface area (Å²) in [5.74, 6) is -0.636. The molecule has 0 spiro atoms. The van der Waals surface area contributed by atoms with Crippen molar-refractivity contribution in [3.63, 3.8) is 0 Å². The summed E-state index contributed by atoms with van der Waals surface area (Å²) in [7, 11) is 0. The van der Waals surface area contributed by atoms with Crippen molar-refractivity contribution < 1.29 is 9.47 Å². The smallest absolute Gasteiger partial charge is 0.246 e. The monoisotopic (exact) mass is 400 g/mol. The lowest BCUT2D eigenvalue weighted by atomic mass is 9.99. The molecule has 1 unspecified atom stereocenters. The molecule has 0 aliphatic carbocycles. The SMILES string of the molecule is CCCCCCCCC(N(CC)CCC)C(OCC)(OCC)N(CC)CCC. The number of likely N-dealkylation sites (N-methyl/N-ethyl adjacent to an activating group) is 2. The van der Waals surface area contributed by atoms with E-state index in [1.165, 1.54) is 38.5 Å². The van der Waals surface area contributed by atoms with Crippen molar-refractivity contribution in [2.75, 3.05) is 39.4 Å². The topological polar surface area (TPSA) is 24.9 Å². The Kier molecular flexibility index (Phi) is 17.6. The molecule has 0 aromatic rings. The first kappa shape index (κ1) is 27.8. The zero-order valence-corrected chi connectivity index (χ0v) is 20.4. The van der Waals surface area contributed by atoms with E-state index in [2.05, 4.69) is 58.3 Å². The van der Waals surface area contributed by atoms with Gasteiger partial charge in [0.2, 0.25) is 5.91 Å². The lowest BCUT2D eigenvalue weighted by Gasteiger charge is -2.50. The van der Waals surface area contributed by atoms with Gasteiger partial charge in [0.05, 0.1) is 6.04 Å². The van der Waals surface area contributed by atoms with Crippen molar-refractivity contribution in [3.8, 4) is 0 Å². The van der Waals surface area contributed by atoms with Gasteiger partial charge in [-0.15, -0.1) is 0 Å². The van der Waals surface area contributed by atoms with E-state index in [0.717, 1.165) is 45.4 Å². The first-order valence-electron chi connectivity index (χ1n) is 12.4. The summed E-state index contributed by atoms with van der Waals surface area (Å²) < 4.78 is 13.0. The molecule has 0 radical (unpaired) electrons. The maximum absolute atomic E-state index is 6.52. The van der Waals surface area contributed by atoms with Crippen LogP contribution >= 0.6 is 0 Å². The van der Waals surface area contributed by atoms with Crippen molar-refractivity contribution in [2.45, 2.75) is 118 Å². The van der Waals surface area contributed by atoms with Gasteiger partial charge in [-0.25, -0.2) is 0 Å². The third-order valence-electron chi connectivity index (χ3n) is 5.63. The molecule has 170 valence electrons. The van der Waals surface area contributed by atoms with Crippen molar-refractivity contribution in [3.05, 3.63) is 0 Å². The maximum Gasteiger partial charge on any atom is 0.246 e. The quantitative estimate of drug-likeness (QED) is 0.177. The molecule has 0 bridgehead atoms. The highest BCUT2D eigenvalue weighted by Gasteiger charge is 2.47. The highest BCUT2D eigenvalue weighted by atomic mass is 16.7. The second-order valence-corrected chi connectivity index (χ2v) is 7.78. The Hall–Kier alpha value is -0.160. The summed E-state index contributed by atoms with van der Waals surface area (Å²) in [4.78, 5) is 5.05. The molecule has 4 heteroatoms. The van der Waals surface area contributed by atoms with Crippen LogP contribution in [0.5, 0.6) is 0 Å². The molecule has 0 aromatic carbocycles. The Morgan fingerprint density at radius 1 is 0.643 bits per heavy atom. The minimum atomic E-state index is -0.636. The second kappa shape index (κ2) is 17.7. The van der Waals surface area contributed by atoms with E-state index in [9.17, 15) is 0 Å². The van der Waals surface area contributed by atoms with Gasteiger partial charge in [0.15, 0.2) is 0 Å². The molecule has 1 atom stereocenters. The van der Waals surface area contributed by atoms with Gasteiger partial charge in [0.25, 0.3) is 0 Å². The van der Waals surface area contributed by atoms with Crippen molar-refractivity contribution in [2.24, 2.45) is 0 Å². The Morgan fingerprint density at radius 3 is 1.68 bits per heavy atom. The predicted molar refractivity (Wildman–Crippen MR) is 123 cm³/mol. The first-order chi connectivity index (χ1) is 13.6. The van der Waals surface area contributed by atoms with Crippen LogP contribution in [0.4, 0.5) is 0 Å². The zero-order valence-electron chi connectivity index (χ0n) is 20.4. The number of hydrogen-bond acceptors (Lipinski definition) is 4. The molecule has 0 aromatic heterocycles. The lowest BCUT2D eigenvalue weighted by molar-refractivity contribution is -0.343. The summed E-state index contributed by atoms with van der Waals surface area (Å²) >= 11 is 0. The van der Waals surface area contributed by atoms with Gasteiger partial charge in [-0.1, -0.05) is 73.1 Å². The van der Waals surface area contributed by atoms with E-state index in [1.807, 2.05) is 0 Å². The Balaban J connectivity index is 5.63. The molecule has 0 N–H and O–H groups in total. The van der Waals surface area contributed by atoms with Crippen molar-refractivity contribution in [1.29, 1.82) is 0 Å². The van der Waals surface area contributed by atoms with Gasteiger partial charge in [-0.2, -0.15) is 0 Å². The van der Waals surface area contributed by atoms with Crippen LogP contribution in [0.15, 0.2) is 0 Å². The molecule has 0 aliphatic rings. The van der Waals surface area contributed by atoms with Gasteiger partial charge in [0.1, 0.15) is 0 Å². The van der Waals surface area contributed by atoms with Crippen LogP contribution in [-0.4, -0.2) is 61.1 Å². The summed E-state index contributed by atoms with van der Waals surface area (Å²) in [6.07, 6.45) is 11.4. The van der Waals surface area contributed by atoms with Gasteiger partial charge in [0, 0.05) is 26.3 Å². The fraction of sp³-hybridized carbons (Fsp3) is 1.00. The minimum absolute atomic E-state index is 0.273. The largest absolute Gasteiger partial charge is 0.336 e. The van der Waals surface area contributed by atoms with Crippen LogP contribution in [-0.2, 0) is 9.47 Å². The van der Waals surface area contributed by atoms with E-state index < -0.39 is 5.91 Å². The van der Waals surface area contributed by atoms with Crippen LogP contribution in [0.1, 0.15) is 106 Å². The molecule has 0 heterocycles. The molecular weight excluding hydrogens is 348 g/mol. The van der Waals surface area contributed by atoms with E-state index >= 15 is 0 Å². The maximum atomic E-state index is 6.52. The molecule has 0 saturated carbocycles. The molecule has 28 heavy (non-hydrogen) atoms. The summed E-state index contributed by atoms with van der Waals surface area (Å²) in [5, 5.41) is 0. The second-order valence-electron chi connectivity index (χ2n) is 7.78. The average molecular weight is 401 g/mol. The number of ether oxygens (including phenoxy) is 2. The predicted octanol–water partition coefficient (Wildman–Crippen LogP) is 6.30. The highest BCUT2D eigenvalue weighted by Crippen LogP contribution is 2.32. The van der Waals surface area contributed by atoms with Crippen LogP contribution in [0.25, 0.3) is 0 Å². The molecular formula is C24H52N2O2. The van der Waals surface area contributed by atoms with Gasteiger partial charge < -0.3 is 9.47 Å².